The maximum Gasteiger partial charge on any atom is 0.270 e. The average molecular weight is 275 g/mol. The molecule has 4 heteroatoms. The predicted octanol–water partition coefficient (Wildman–Crippen LogP) is 2.28. The third-order valence-electron chi connectivity index (χ3n) is 4.85. The van der Waals surface area contributed by atoms with Gasteiger partial charge in [-0.3, -0.25) is 4.79 Å². The molecule has 0 radical (unpaired) electrons. The maximum absolute atomic E-state index is 12.7. The third kappa shape index (κ3) is 2.62. The van der Waals surface area contributed by atoms with Crippen molar-refractivity contribution < 1.29 is 4.79 Å². The Balaban J connectivity index is 1.73. The predicted molar refractivity (Wildman–Crippen MR) is 79.9 cm³/mol. The van der Waals surface area contributed by atoms with Crippen molar-refractivity contribution in [2.75, 3.05) is 26.2 Å². The number of amides is 1. The maximum atomic E-state index is 12.7. The van der Waals surface area contributed by atoms with Crippen molar-refractivity contribution in [2.45, 2.75) is 38.6 Å². The Morgan fingerprint density at radius 1 is 1.35 bits per heavy atom. The molecule has 0 saturated carbocycles. The fourth-order valence-electron chi connectivity index (χ4n) is 3.49. The molecule has 2 aliphatic rings. The van der Waals surface area contributed by atoms with E-state index < -0.39 is 0 Å². The van der Waals surface area contributed by atoms with Gasteiger partial charge in [-0.05, 0) is 50.4 Å². The van der Waals surface area contributed by atoms with Crippen LogP contribution >= 0.6 is 0 Å². The molecule has 20 heavy (non-hydrogen) atoms. The number of carbonyl (C=O) groups is 1. The number of rotatable bonds is 3. The van der Waals surface area contributed by atoms with Crippen LogP contribution in [0.1, 0.15) is 49.1 Å². The minimum Gasteiger partial charge on any atom is -0.340 e. The summed E-state index contributed by atoms with van der Waals surface area (Å²) < 4.78 is 2.21. The molecule has 3 rings (SSSR count). The Bertz CT molecular complexity index is 462. The summed E-state index contributed by atoms with van der Waals surface area (Å²) in [6.45, 7) is 6.19. The molecule has 0 aliphatic carbocycles. The first-order valence-electron chi connectivity index (χ1n) is 7.96. The standard InChI is InChI=1S/C16H25N3O/c1-2-13-7-11-18(12-13)16(20)15-4-3-10-19(15)14-5-8-17-9-6-14/h3-4,10,13-14,17H,2,5-9,11-12H2,1H3. The highest BCUT2D eigenvalue weighted by Gasteiger charge is 2.28. The quantitative estimate of drug-likeness (QED) is 0.919. The molecule has 1 N–H and O–H groups in total. The first-order valence-corrected chi connectivity index (χ1v) is 7.96. The summed E-state index contributed by atoms with van der Waals surface area (Å²) in [6, 6.07) is 4.49. The largest absolute Gasteiger partial charge is 0.340 e. The van der Waals surface area contributed by atoms with Gasteiger partial charge in [-0.15, -0.1) is 0 Å². The number of nitrogens with one attached hydrogen (secondary N) is 1. The van der Waals surface area contributed by atoms with E-state index in [0.29, 0.717) is 12.0 Å². The highest BCUT2D eigenvalue weighted by Crippen LogP contribution is 2.25. The van der Waals surface area contributed by atoms with Crippen LogP contribution in [0.5, 0.6) is 0 Å². The van der Waals surface area contributed by atoms with Gasteiger partial charge in [-0.2, -0.15) is 0 Å². The van der Waals surface area contributed by atoms with Crippen LogP contribution in [0.2, 0.25) is 0 Å². The van der Waals surface area contributed by atoms with Crippen LogP contribution in [-0.2, 0) is 0 Å². The molecule has 1 unspecified atom stereocenters. The lowest BCUT2D eigenvalue weighted by Gasteiger charge is -2.27. The van der Waals surface area contributed by atoms with Crippen LogP contribution in [0.25, 0.3) is 0 Å². The minimum absolute atomic E-state index is 0.226. The normalized spacial score (nSPS) is 24.2. The third-order valence-corrected chi connectivity index (χ3v) is 4.85. The Labute approximate surface area is 121 Å². The van der Waals surface area contributed by atoms with Crippen molar-refractivity contribution in [3.63, 3.8) is 0 Å². The highest BCUT2D eigenvalue weighted by atomic mass is 16.2. The highest BCUT2D eigenvalue weighted by molar-refractivity contribution is 5.93. The van der Waals surface area contributed by atoms with Gasteiger partial charge in [-0.25, -0.2) is 0 Å². The van der Waals surface area contributed by atoms with E-state index in [9.17, 15) is 4.79 Å². The number of likely N-dealkylation sites (tertiary alicyclic amines) is 1. The van der Waals surface area contributed by atoms with Gasteiger partial charge in [0.1, 0.15) is 5.69 Å². The van der Waals surface area contributed by atoms with E-state index in [0.717, 1.165) is 51.1 Å². The van der Waals surface area contributed by atoms with Crippen LogP contribution in [0.3, 0.4) is 0 Å². The van der Waals surface area contributed by atoms with Crippen molar-refractivity contribution in [3.8, 4) is 0 Å². The number of hydrogen-bond acceptors (Lipinski definition) is 2. The van der Waals surface area contributed by atoms with E-state index in [1.807, 2.05) is 17.0 Å². The molecule has 3 heterocycles. The van der Waals surface area contributed by atoms with Crippen molar-refractivity contribution in [1.29, 1.82) is 0 Å². The number of hydrogen-bond donors (Lipinski definition) is 1. The van der Waals surface area contributed by atoms with Gasteiger partial charge < -0.3 is 14.8 Å². The Morgan fingerprint density at radius 2 is 2.15 bits per heavy atom. The van der Waals surface area contributed by atoms with Crippen molar-refractivity contribution in [2.24, 2.45) is 5.92 Å². The topological polar surface area (TPSA) is 37.3 Å². The molecule has 1 amide bonds. The number of nitrogens with zero attached hydrogens (tertiary/aromatic N) is 2. The van der Waals surface area contributed by atoms with Gasteiger partial charge in [0.15, 0.2) is 0 Å². The zero-order valence-corrected chi connectivity index (χ0v) is 12.3. The summed E-state index contributed by atoms with van der Waals surface area (Å²) >= 11 is 0. The molecule has 0 bridgehead atoms. The Hall–Kier alpha value is -1.29. The second-order valence-corrected chi connectivity index (χ2v) is 6.10. The van der Waals surface area contributed by atoms with Gasteiger partial charge in [0.25, 0.3) is 5.91 Å². The molecule has 110 valence electrons. The lowest BCUT2D eigenvalue weighted by Crippen LogP contribution is -2.34. The van der Waals surface area contributed by atoms with Gasteiger partial charge in [-0.1, -0.05) is 13.3 Å². The molecule has 1 aromatic heterocycles. The van der Waals surface area contributed by atoms with Crippen molar-refractivity contribution in [3.05, 3.63) is 24.0 Å². The van der Waals surface area contributed by atoms with E-state index in [-0.39, 0.29) is 5.91 Å². The van der Waals surface area contributed by atoms with E-state index >= 15 is 0 Å². The van der Waals surface area contributed by atoms with Gasteiger partial charge >= 0.3 is 0 Å². The van der Waals surface area contributed by atoms with Gasteiger partial charge in [0.05, 0.1) is 0 Å². The zero-order chi connectivity index (χ0) is 13.9. The van der Waals surface area contributed by atoms with Crippen LogP contribution in [0.4, 0.5) is 0 Å². The van der Waals surface area contributed by atoms with E-state index in [2.05, 4.69) is 23.0 Å². The average Bonchev–Trinajstić information content (AvgIpc) is 3.16. The number of piperidine rings is 1. The molecular weight excluding hydrogens is 250 g/mol. The molecule has 0 spiro atoms. The molecule has 2 saturated heterocycles. The van der Waals surface area contributed by atoms with Gasteiger partial charge in [0.2, 0.25) is 0 Å². The van der Waals surface area contributed by atoms with Crippen molar-refractivity contribution >= 4 is 5.91 Å². The van der Waals surface area contributed by atoms with Crippen LogP contribution in [-0.4, -0.2) is 41.6 Å². The second kappa shape index (κ2) is 6.00. The molecule has 2 aliphatic heterocycles. The van der Waals surface area contributed by atoms with Gasteiger partial charge in [0, 0.05) is 25.3 Å². The lowest BCUT2D eigenvalue weighted by atomic mass is 10.1. The summed E-state index contributed by atoms with van der Waals surface area (Å²) in [5.74, 6) is 0.922. The van der Waals surface area contributed by atoms with Crippen molar-refractivity contribution in [1.82, 2.24) is 14.8 Å². The molecule has 2 fully saturated rings. The second-order valence-electron chi connectivity index (χ2n) is 6.10. The fraction of sp³-hybridized carbons (Fsp3) is 0.688. The minimum atomic E-state index is 0.226. The molecular formula is C16H25N3O. The Morgan fingerprint density at radius 3 is 2.85 bits per heavy atom. The lowest BCUT2D eigenvalue weighted by molar-refractivity contribution is 0.0772. The summed E-state index contributed by atoms with van der Waals surface area (Å²) in [4.78, 5) is 14.8. The monoisotopic (exact) mass is 275 g/mol. The molecule has 0 aromatic carbocycles. The fourth-order valence-corrected chi connectivity index (χ4v) is 3.49. The van der Waals surface area contributed by atoms with Crippen LogP contribution < -0.4 is 5.32 Å². The molecule has 1 atom stereocenters. The number of carbonyl (C=O) groups excluding carboxylic acids is 1. The number of aromatic nitrogens is 1. The zero-order valence-electron chi connectivity index (χ0n) is 12.3. The molecule has 1 aromatic rings. The Kier molecular flexibility index (Phi) is 4.10. The van der Waals surface area contributed by atoms with Crippen LogP contribution in [0, 0.1) is 5.92 Å². The van der Waals surface area contributed by atoms with E-state index in [1.165, 1.54) is 6.42 Å². The summed E-state index contributed by atoms with van der Waals surface area (Å²) in [5, 5.41) is 3.39. The first kappa shape index (κ1) is 13.7. The first-order chi connectivity index (χ1) is 9.79. The smallest absolute Gasteiger partial charge is 0.270 e. The summed E-state index contributed by atoms with van der Waals surface area (Å²) in [6.07, 6.45) is 6.66. The summed E-state index contributed by atoms with van der Waals surface area (Å²) in [5.41, 5.74) is 0.883. The molecule has 4 nitrogen and oxygen atoms in total. The van der Waals surface area contributed by atoms with Crippen LogP contribution in [0.15, 0.2) is 18.3 Å². The summed E-state index contributed by atoms with van der Waals surface area (Å²) in [7, 11) is 0. The van der Waals surface area contributed by atoms with E-state index in [4.69, 9.17) is 0 Å². The SMILES string of the molecule is CCC1CCN(C(=O)c2cccn2C2CCNCC2)C1. The van der Waals surface area contributed by atoms with E-state index in [1.54, 1.807) is 0 Å².